The molecule has 1 aliphatic heterocycles. The Morgan fingerprint density at radius 3 is 2.50 bits per heavy atom. The predicted octanol–water partition coefficient (Wildman–Crippen LogP) is 4.14. The van der Waals surface area contributed by atoms with E-state index in [0.29, 0.717) is 12.2 Å². The minimum absolute atomic E-state index is 0.263. The van der Waals surface area contributed by atoms with Gasteiger partial charge < -0.3 is 5.32 Å². The number of hydrogen-bond acceptors (Lipinski definition) is 3. The third kappa shape index (κ3) is 3.51. The van der Waals surface area contributed by atoms with E-state index in [1.165, 1.54) is 4.90 Å². The number of imide groups is 1. The van der Waals surface area contributed by atoms with E-state index in [1.807, 2.05) is 61.5 Å². The summed E-state index contributed by atoms with van der Waals surface area (Å²) in [6, 6.07) is 17.5. The Kier molecular flexibility index (Phi) is 5.01. The lowest BCUT2D eigenvalue weighted by atomic mass is 10.2. The Labute approximate surface area is 145 Å². The molecule has 0 unspecified atom stereocenters. The van der Waals surface area contributed by atoms with Gasteiger partial charge in [-0.25, -0.2) is 4.79 Å². The highest BCUT2D eigenvalue weighted by molar-refractivity contribution is 7.99. The second-order valence-electron chi connectivity index (χ2n) is 5.40. The molecule has 2 aromatic rings. The molecule has 3 rings (SSSR count). The molecule has 0 bridgehead atoms. The van der Waals surface area contributed by atoms with Gasteiger partial charge >= 0.3 is 6.03 Å². The van der Waals surface area contributed by atoms with Gasteiger partial charge in [0.15, 0.2) is 0 Å². The summed E-state index contributed by atoms with van der Waals surface area (Å²) < 4.78 is 0. The van der Waals surface area contributed by atoms with Crippen LogP contribution < -0.4 is 5.32 Å². The van der Waals surface area contributed by atoms with Gasteiger partial charge in [-0.15, -0.1) is 0 Å². The molecule has 2 aromatic carbocycles. The maximum atomic E-state index is 12.3. The first-order valence-electron chi connectivity index (χ1n) is 7.85. The third-order valence-electron chi connectivity index (χ3n) is 3.60. The molecule has 5 heteroatoms. The number of urea groups is 1. The molecule has 1 aliphatic rings. The monoisotopic (exact) mass is 338 g/mol. The Morgan fingerprint density at radius 1 is 1.04 bits per heavy atom. The summed E-state index contributed by atoms with van der Waals surface area (Å²) in [7, 11) is 0. The van der Waals surface area contributed by atoms with Gasteiger partial charge in [-0.1, -0.05) is 55.1 Å². The fourth-order valence-corrected chi connectivity index (χ4v) is 3.40. The zero-order valence-corrected chi connectivity index (χ0v) is 14.2. The fourth-order valence-electron chi connectivity index (χ4n) is 2.46. The van der Waals surface area contributed by atoms with Crippen LogP contribution >= 0.6 is 11.8 Å². The lowest BCUT2D eigenvalue weighted by Crippen LogP contribution is -2.31. The topological polar surface area (TPSA) is 49.4 Å². The second-order valence-corrected chi connectivity index (χ2v) is 6.51. The zero-order chi connectivity index (χ0) is 16.9. The summed E-state index contributed by atoms with van der Waals surface area (Å²) in [6.45, 7) is 2.37. The first-order chi connectivity index (χ1) is 11.7. The Bertz CT molecular complexity index is 787. The van der Waals surface area contributed by atoms with Crippen LogP contribution in [0.1, 0.15) is 18.9 Å². The summed E-state index contributed by atoms with van der Waals surface area (Å²) in [5.74, 6) is -0.263. The van der Waals surface area contributed by atoms with E-state index < -0.39 is 0 Å². The number of carbonyl (C=O) groups is 2. The molecule has 0 saturated carbocycles. The lowest BCUT2D eigenvalue weighted by Gasteiger charge is -2.09. The van der Waals surface area contributed by atoms with Crippen LogP contribution in [0, 0.1) is 0 Å². The van der Waals surface area contributed by atoms with Crippen LogP contribution in [0.5, 0.6) is 0 Å². The minimum atomic E-state index is -0.346. The van der Waals surface area contributed by atoms with Crippen LogP contribution in [0.2, 0.25) is 0 Å². The highest BCUT2D eigenvalue weighted by Crippen LogP contribution is 2.31. The van der Waals surface area contributed by atoms with Crippen LogP contribution in [-0.2, 0) is 4.79 Å². The van der Waals surface area contributed by atoms with E-state index in [2.05, 4.69) is 5.32 Å². The van der Waals surface area contributed by atoms with Gasteiger partial charge in [0.05, 0.1) is 0 Å². The second kappa shape index (κ2) is 7.36. The number of benzene rings is 2. The quantitative estimate of drug-likeness (QED) is 0.658. The molecule has 0 aliphatic carbocycles. The van der Waals surface area contributed by atoms with Crippen molar-refractivity contribution in [1.29, 1.82) is 0 Å². The van der Waals surface area contributed by atoms with Crippen LogP contribution in [0.4, 0.5) is 4.79 Å². The van der Waals surface area contributed by atoms with Gasteiger partial charge in [0.2, 0.25) is 0 Å². The van der Waals surface area contributed by atoms with Gasteiger partial charge in [0, 0.05) is 16.3 Å². The molecular formula is C19H18N2O2S. The summed E-state index contributed by atoms with van der Waals surface area (Å²) in [5.41, 5.74) is 1.24. The van der Waals surface area contributed by atoms with E-state index in [1.54, 1.807) is 17.8 Å². The first-order valence-corrected chi connectivity index (χ1v) is 8.67. The Balaban J connectivity index is 1.88. The third-order valence-corrected chi connectivity index (χ3v) is 4.70. The lowest BCUT2D eigenvalue weighted by molar-refractivity contribution is -0.122. The summed E-state index contributed by atoms with van der Waals surface area (Å²) in [5, 5.41) is 2.67. The van der Waals surface area contributed by atoms with Crippen molar-refractivity contribution in [2.45, 2.75) is 23.1 Å². The Hall–Kier alpha value is -2.53. The van der Waals surface area contributed by atoms with E-state index in [4.69, 9.17) is 0 Å². The standard InChI is InChI=1S/C19H18N2O2S/c1-2-12-21-18(22)16(20-19(21)23)13-14-8-6-7-11-17(14)24-15-9-4-3-5-10-15/h3-11,13H,2,12H2,1H3,(H,20,23)/b16-13-. The zero-order valence-electron chi connectivity index (χ0n) is 13.4. The molecule has 0 radical (unpaired) electrons. The highest BCUT2D eigenvalue weighted by Gasteiger charge is 2.32. The molecule has 1 fully saturated rings. The largest absolute Gasteiger partial charge is 0.329 e. The van der Waals surface area contributed by atoms with Crippen molar-refractivity contribution in [2.75, 3.05) is 6.54 Å². The number of rotatable bonds is 5. The van der Waals surface area contributed by atoms with Gasteiger partial charge in [0.25, 0.3) is 5.91 Å². The van der Waals surface area contributed by atoms with Gasteiger partial charge in [0.1, 0.15) is 5.70 Å². The smallest absolute Gasteiger partial charge is 0.303 e. The number of hydrogen-bond donors (Lipinski definition) is 1. The van der Waals surface area contributed by atoms with Crippen LogP contribution in [-0.4, -0.2) is 23.4 Å². The SMILES string of the molecule is CCCN1C(=O)N/C(=C\c2ccccc2Sc2ccccc2)C1=O. The van der Waals surface area contributed by atoms with Crippen molar-refractivity contribution in [1.82, 2.24) is 10.2 Å². The number of amides is 3. The molecular weight excluding hydrogens is 320 g/mol. The molecule has 0 aromatic heterocycles. The van der Waals surface area contributed by atoms with Crippen molar-refractivity contribution in [3.8, 4) is 0 Å². The van der Waals surface area contributed by atoms with Gasteiger partial charge in [-0.3, -0.25) is 9.69 Å². The summed E-state index contributed by atoms with van der Waals surface area (Å²) in [6.07, 6.45) is 2.49. The van der Waals surface area contributed by atoms with Gasteiger partial charge in [-0.05, 0) is 36.3 Å². The number of carbonyl (C=O) groups excluding carboxylic acids is 2. The van der Waals surface area contributed by atoms with E-state index in [-0.39, 0.29) is 11.9 Å². The summed E-state index contributed by atoms with van der Waals surface area (Å²) in [4.78, 5) is 27.7. The van der Waals surface area contributed by atoms with Crippen molar-refractivity contribution in [3.05, 3.63) is 65.9 Å². The fraction of sp³-hybridized carbons (Fsp3) is 0.158. The van der Waals surface area contributed by atoms with Crippen LogP contribution in [0.3, 0.4) is 0 Å². The molecule has 4 nitrogen and oxygen atoms in total. The maximum absolute atomic E-state index is 12.3. The molecule has 1 N–H and O–H groups in total. The molecule has 0 atom stereocenters. The number of nitrogens with zero attached hydrogens (tertiary/aromatic N) is 1. The van der Waals surface area contributed by atoms with Crippen molar-refractivity contribution in [3.63, 3.8) is 0 Å². The maximum Gasteiger partial charge on any atom is 0.329 e. The van der Waals surface area contributed by atoms with E-state index in [0.717, 1.165) is 21.8 Å². The van der Waals surface area contributed by atoms with E-state index in [9.17, 15) is 9.59 Å². The molecule has 3 amide bonds. The van der Waals surface area contributed by atoms with Crippen LogP contribution in [0.25, 0.3) is 6.08 Å². The van der Waals surface area contributed by atoms with Crippen molar-refractivity contribution >= 4 is 29.8 Å². The first kappa shape index (κ1) is 16.3. The summed E-state index contributed by atoms with van der Waals surface area (Å²) >= 11 is 1.63. The average Bonchev–Trinajstić information content (AvgIpc) is 2.85. The predicted molar refractivity (Wildman–Crippen MR) is 95.5 cm³/mol. The van der Waals surface area contributed by atoms with E-state index >= 15 is 0 Å². The average molecular weight is 338 g/mol. The number of nitrogens with one attached hydrogen (secondary N) is 1. The van der Waals surface area contributed by atoms with Gasteiger partial charge in [-0.2, -0.15) is 0 Å². The molecule has 1 heterocycles. The molecule has 1 saturated heterocycles. The highest BCUT2D eigenvalue weighted by atomic mass is 32.2. The van der Waals surface area contributed by atoms with Crippen molar-refractivity contribution in [2.24, 2.45) is 0 Å². The Morgan fingerprint density at radius 2 is 1.75 bits per heavy atom. The molecule has 122 valence electrons. The van der Waals surface area contributed by atoms with Crippen molar-refractivity contribution < 1.29 is 9.59 Å². The molecule has 24 heavy (non-hydrogen) atoms. The normalized spacial score (nSPS) is 15.9. The molecule has 0 spiro atoms. The minimum Gasteiger partial charge on any atom is -0.303 e. The van der Waals surface area contributed by atoms with Crippen LogP contribution in [0.15, 0.2) is 70.1 Å².